The maximum Gasteiger partial charge on any atom is 0.252 e. The molecule has 6 nitrogen and oxygen atoms in total. The molecule has 0 aliphatic carbocycles. The van der Waals surface area contributed by atoms with Crippen molar-refractivity contribution >= 4 is 34.8 Å². The van der Waals surface area contributed by atoms with Gasteiger partial charge in [-0.05, 0) is 36.2 Å². The fraction of sp³-hybridized carbons (Fsp3) is 0.211. The van der Waals surface area contributed by atoms with Crippen molar-refractivity contribution in [2.45, 2.75) is 12.5 Å². The molecule has 0 aliphatic rings. The van der Waals surface area contributed by atoms with Crippen LogP contribution in [-0.2, 0) is 6.42 Å². The molecule has 8 heteroatoms. The number of nitrogens with zero attached hydrogens (tertiary/aromatic N) is 2. The monoisotopic (exact) mass is 401 g/mol. The number of nitrogens with two attached hydrogens (primary N) is 1. The molecule has 1 unspecified atom stereocenters. The number of aromatic nitrogens is 2. The van der Waals surface area contributed by atoms with Gasteiger partial charge >= 0.3 is 0 Å². The number of halogens is 1. The average Bonchev–Trinajstić information content (AvgIpc) is 3.19. The molecule has 2 aromatic heterocycles. The second kappa shape index (κ2) is 8.94. The smallest absolute Gasteiger partial charge is 0.252 e. The van der Waals surface area contributed by atoms with Crippen LogP contribution in [0.15, 0.2) is 48.0 Å². The molecule has 0 bridgehead atoms. The zero-order valence-corrected chi connectivity index (χ0v) is 16.3. The van der Waals surface area contributed by atoms with Crippen LogP contribution in [0.25, 0.3) is 10.6 Å². The second-order valence-electron chi connectivity index (χ2n) is 5.95. The molecule has 0 radical (unpaired) electrons. The minimum absolute atomic E-state index is 0.148. The van der Waals surface area contributed by atoms with Gasteiger partial charge in [0, 0.05) is 36.2 Å². The number of amides is 1. The number of rotatable bonds is 7. The standard InChI is InChI=1S/C19H20ClN5OS/c1-22-19-23-7-6-16(25-19)17-9-13(11-27-17)18(26)24-15(10-21)8-12-2-4-14(20)5-3-12/h2-7,9,11,15H,8,10,21H2,1H3,(H,24,26)(H,22,23,25). The Labute approximate surface area is 166 Å². The maximum absolute atomic E-state index is 12.6. The van der Waals surface area contributed by atoms with Crippen LogP contribution in [0.1, 0.15) is 15.9 Å². The molecule has 2 heterocycles. The molecular weight excluding hydrogens is 382 g/mol. The summed E-state index contributed by atoms with van der Waals surface area (Å²) in [4.78, 5) is 22.0. The molecule has 0 saturated carbocycles. The lowest BCUT2D eigenvalue weighted by molar-refractivity contribution is 0.0938. The highest BCUT2D eigenvalue weighted by Gasteiger charge is 2.15. The van der Waals surface area contributed by atoms with Crippen LogP contribution in [0, 0.1) is 0 Å². The first-order valence-corrected chi connectivity index (χ1v) is 9.70. The van der Waals surface area contributed by atoms with E-state index in [1.165, 1.54) is 11.3 Å². The lowest BCUT2D eigenvalue weighted by Crippen LogP contribution is -2.41. The molecule has 0 fully saturated rings. The molecule has 1 aromatic carbocycles. The summed E-state index contributed by atoms with van der Waals surface area (Å²) in [6.07, 6.45) is 2.33. The predicted octanol–water partition coefficient (Wildman–Crippen LogP) is 3.20. The fourth-order valence-corrected chi connectivity index (χ4v) is 3.56. The summed E-state index contributed by atoms with van der Waals surface area (Å²) >= 11 is 7.38. The van der Waals surface area contributed by atoms with Crippen LogP contribution in [0.4, 0.5) is 5.95 Å². The van der Waals surface area contributed by atoms with E-state index in [-0.39, 0.29) is 11.9 Å². The van der Waals surface area contributed by atoms with E-state index >= 15 is 0 Å². The minimum atomic E-state index is -0.156. The average molecular weight is 402 g/mol. The van der Waals surface area contributed by atoms with E-state index < -0.39 is 0 Å². The third-order valence-corrected chi connectivity index (χ3v) is 5.21. The van der Waals surface area contributed by atoms with E-state index in [0.29, 0.717) is 29.5 Å². The van der Waals surface area contributed by atoms with Crippen LogP contribution < -0.4 is 16.4 Å². The second-order valence-corrected chi connectivity index (χ2v) is 7.30. The van der Waals surface area contributed by atoms with Gasteiger partial charge in [-0.2, -0.15) is 0 Å². The molecule has 3 aromatic rings. The first kappa shape index (κ1) is 19.3. The van der Waals surface area contributed by atoms with Gasteiger partial charge in [-0.1, -0.05) is 23.7 Å². The Balaban J connectivity index is 1.68. The summed E-state index contributed by atoms with van der Waals surface area (Å²) in [5, 5.41) is 8.41. The van der Waals surface area contributed by atoms with Gasteiger partial charge in [0.2, 0.25) is 5.95 Å². The highest BCUT2D eigenvalue weighted by Crippen LogP contribution is 2.26. The van der Waals surface area contributed by atoms with Crippen molar-refractivity contribution in [3.8, 4) is 10.6 Å². The molecule has 0 aliphatic heterocycles. The maximum atomic E-state index is 12.6. The molecule has 0 spiro atoms. The molecule has 27 heavy (non-hydrogen) atoms. The van der Waals surface area contributed by atoms with Crippen molar-refractivity contribution < 1.29 is 4.79 Å². The number of anilines is 1. The largest absolute Gasteiger partial charge is 0.357 e. The number of thiophene rings is 1. The molecule has 140 valence electrons. The Kier molecular flexibility index (Phi) is 6.39. The Morgan fingerprint density at radius 1 is 1.30 bits per heavy atom. The number of carbonyl (C=O) groups excluding carboxylic acids is 1. The number of hydrogen-bond donors (Lipinski definition) is 3. The number of nitrogens with one attached hydrogen (secondary N) is 2. The zero-order chi connectivity index (χ0) is 19.2. The normalized spacial score (nSPS) is 11.8. The van der Waals surface area contributed by atoms with Gasteiger partial charge in [-0.3, -0.25) is 4.79 Å². The van der Waals surface area contributed by atoms with E-state index in [4.69, 9.17) is 17.3 Å². The van der Waals surface area contributed by atoms with Gasteiger partial charge in [-0.15, -0.1) is 11.3 Å². The predicted molar refractivity (Wildman–Crippen MR) is 110 cm³/mol. The first-order valence-electron chi connectivity index (χ1n) is 8.44. The Bertz CT molecular complexity index is 912. The Morgan fingerprint density at radius 3 is 2.78 bits per heavy atom. The third-order valence-electron chi connectivity index (χ3n) is 4.01. The van der Waals surface area contributed by atoms with Gasteiger partial charge < -0.3 is 16.4 Å². The summed E-state index contributed by atoms with van der Waals surface area (Å²) in [6, 6.07) is 11.0. The van der Waals surface area contributed by atoms with Crippen molar-refractivity contribution in [1.82, 2.24) is 15.3 Å². The summed E-state index contributed by atoms with van der Waals surface area (Å²) < 4.78 is 0. The zero-order valence-electron chi connectivity index (χ0n) is 14.8. The molecule has 4 N–H and O–H groups in total. The van der Waals surface area contributed by atoms with Crippen molar-refractivity contribution in [3.63, 3.8) is 0 Å². The van der Waals surface area contributed by atoms with Gasteiger partial charge in [0.15, 0.2) is 0 Å². The summed E-state index contributed by atoms with van der Waals surface area (Å²) in [6.45, 7) is 0.350. The summed E-state index contributed by atoms with van der Waals surface area (Å²) in [5.41, 5.74) is 8.28. The van der Waals surface area contributed by atoms with Crippen LogP contribution in [0.3, 0.4) is 0 Å². The van der Waals surface area contributed by atoms with E-state index in [1.54, 1.807) is 13.2 Å². The fourth-order valence-electron chi connectivity index (χ4n) is 2.57. The van der Waals surface area contributed by atoms with Crippen molar-refractivity contribution in [3.05, 3.63) is 64.1 Å². The lowest BCUT2D eigenvalue weighted by atomic mass is 10.1. The Morgan fingerprint density at radius 2 is 2.07 bits per heavy atom. The van der Waals surface area contributed by atoms with Gasteiger partial charge in [0.05, 0.1) is 16.1 Å². The van der Waals surface area contributed by atoms with Gasteiger partial charge in [-0.25, -0.2) is 9.97 Å². The number of carbonyl (C=O) groups is 1. The SMILES string of the molecule is CNc1nccc(-c2cc(C(=O)NC(CN)Cc3ccc(Cl)cc3)cs2)n1. The van der Waals surface area contributed by atoms with Crippen molar-refractivity contribution in [2.24, 2.45) is 5.73 Å². The minimum Gasteiger partial charge on any atom is -0.357 e. The lowest BCUT2D eigenvalue weighted by Gasteiger charge is -2.16. The summed E-state index contributed by atoms with van der Waals surface area (Å²) in [7, 11) is 1.76. The molecule has 0 saturated heterocycles. The van der Waals surface area contributed by atoms with E-state index in [1.807, 2.05) is 41.8 Å². The summed E-state index contributed by atoms with van der Waals surface area (Å²) in [5.74, 6) is 0.392. The topological polar surface area (TPSA) is 92.9 Å². The van der Waals surface area contributed by atoms with Crippen LogP contribution >= 0.6 is 22.9 Å². The van der Waals surface area contributed by atoms with E-state index in [0.717, 1.165) is 16.1 Å². The van der Waals surface area contributed by atoms with E-state index in [2.05, 4.69) is 20.6 Å². The van der Waals surface area contributed by atoms with Crippen molar-refractivity contribution in [1.29, 1.82) is 0 Å². The van der Waals surface area contributed by atoms with Crippen LogP contribution in [0.2, 0.25) is 5.02 Å². The van der Waals surface area contributed by atoms with Crippen LogP contribution in [-0.4, -0.2) is 35.5 Å². The van der Waals surface area contributed by atoms with Gasteiger partial charge in [0.25, 0.3) is 5.91 Å². The third kappa shape index (κ3) is 5.03. The first-order chi connectivity index (χ1) is 13.1. The Hall–Kier alpha value is -2.48. The quantitative estimate of drug-likeness (QED) is 0.565. The molecule has 1 amide bonds. The number of benzene rings is 1. The highest BCUT2D eigenvalue weighted by molar-refractivity contribution is 7.13. The molecular formula is C19H20ClN5OS. The van der Waals surface area contributed by atoms with Crippen molar-refractivity contribution in [2.75, 3.05) is 18.9 Å². The molecule has 3 rings (SSSR count). The highest BCUT2D eigenvalue weighted by atomic mass is 35.5. The number of hydrogen-bond acceptors (Lipinski definition) is 6. The van der Waals surface area contributed by atoms with Gasteiger partial charge in [0.1, 0.15) is 0 Å². The van der Waals surface area contributed by atoms with E-state index in [9.17, 15) is 4.79 Å². The van der Waals surface area contributed by atoms with Crippen LogP contribution in [0.5, 0.6) is 0 Å². The molecule has 1 atom stereocenters.